The molecule has 0 aliphatic rings. The molecular formula is C10H4BrCl3N2. The summed E-state index contributed by atoms with van der Waals surface area (Å²) >= 11 is 20.8. The molecule has 0 fully saturated rings. The Bertz CT molecular complexity index is 525. The molecule has 0 atom stereocenters. The largest absolute Gasteiger partial charge is 0.216 e. The van der Waals surface area contributed by atoms with Gasteiger partial charge in [0.15, 0.2) is 5.82 Å². The summed E-state index contributed by atoms with van der Waals surface area (Å²) in [4.78, 5) is 8.18. The minimum atomic E-state index is 0.303. The molecule has 0 amide bonds. The van der Waals surface area contributed by atoms with Gasteiger partial charge in [-0.3, -0.25) is 0 Å². The Kier molecular flexibility index (Phi) is 3.70. The average molecular weight is 338 g/mol. The lowest BCUT2D eigenvalue weighted by Gasteiger charge is -2.04. The summed E-state index contributed by atoms with van der Waals surface area (Å²) in [5.41, 5.74) is 0.786. The van der Waals surface area contributed by atoms with E-state index in [9.17, 15) is 0 Å². The van der Waals surface area contributed by atoms with Gasteiger partial charge in [-0.25, -0.2) is 9.97 Å². The van der Waals surface area contributed by atoms with Gasteiger partial charge in [0.25, 0.3) is 0 Å². The van der Waals surface area contributed by atoms with Crippen LogP contribution in [0, 0.1) is 0 Å². The molecule has 0 N–H and O–H groups in total. The molecule has 0 radical (unpaired) electrons. The van der Waals surface area contributed by atoms with Crippen LogP contribution in [0.1, 0.15) is 0 Å². The molecule has 16 heavy (non-hydrogen) atoms. The van der Waals surface area contributed by atoms with Crippen molar-refractivity contribution in [3.63, 3.8) is 0 Å². The number of benzene rings is 1. The fraction of sp³-hybridized carbons (Fsp3) is 0. The molecule has 0 bridgehead atoms. The molecule has 1 aromatic carbocycles. The second-order valence-electron chi connectivity index (χ2n) is 2.96. The van der Waals surface area contributed by atoms with Crippen molar-refractivity contribution in [3.8, 4) is 11.4 Å². The van der Waals surface area contributed by atoms with Crippen LogP contribution in [0.4, 0.5) is 0 Å². The second kappa shape index (κ2) is 4.88. The minimum Gasteiger partial charge on any atom is -0.216 e. The number of hydrogen-bond acceptors (Lipinski definition) is 2. The first kappa shape index (κ1) is 12.1. The second-order valence-corrected chi connectivity index (χ2v) is 5.03. The van der Waals surface area contributed by atoms with Gasteiger partial charge in [0.1, 0.15) is 10.3 Å². The van der Waals surface area contributed by atoms with Gasteiger partial charge in [-0.05, 0) is 34.1 Å². The van der Waals surface area contributed by atoms with Gasteiger partial charge in [0.2, 0.25) is 0 Å². The monoisotopic (exact) mass is 336 g/mol. The fourth-order valence-electron chi connectivity index (χ4n) is 1.18. The van der Waals surface area contributed by atoms with E-state index in [0.717, 1.165) is 10.0 Å². The molecule has 0 saturated heterocycles. The highest BCUT2D eigenvalue weighted by Crippen LogP contribution is 2.29. The summed E-state index contributed by atoms with van der Waals surface area (Å²) in [5.74, 6) is 0.459. The molecule has 0 unspecified atom stereocenters. The molecule has 6 heteroatoms. The normalized spacial score (nSPS) is 10.5. The van der Waals surface area contributed by atoms with Crippen molar-refractivity contribution in [2.24, 2.45) is 0 Å². The molecule has 2 aromatic rings. The van der Waals surface area contributed by atoms with E-state index in [2.05, 4.69) is 25.9 Å². The van der Waals surface area contributed by atoms with Crippen LogP contribution in [0.15, 0.2) is 28.7 Å². The van der Waals surface area contributed by atoms with Crippen LogP contribution in [-0.2, 0) is 0 Å². The Hall–Kier alpha value is -0.350. The number of rotatable bonds is 1. The summed E-state index contributed by atoms with van der Waals surface area (Å²) in [6.45, 7) is 0. The lowest BCUT2D eigenvalue weighted by atomic mass is 10.2. The van der Waals surface area contributed by atoms with Gasteiger partial charge in [0, 0.05) is 21.1 Å². The molecule has 0 saturated carbocycles. The van der Waals surface area contributed by atoms with Gasteiger partial charge in [-0.2, -0.15) is 0 Å². The fourth-order valence-corrected chi connectivity index (χ4v) is 2.46. The molecule has 0 aliphatic heterocycles. The van der Waals surface area contributed by atoms with E-state index in [-0.39, 0.29) is 0 Å². The van der Waals surface area contributed by atoms with Gasteiger partial charge in [-0.15, -0.1) is 0 Å². The predicted octanol–water partition coefficient (Wildman–Crippen LogP) is 4.87. The van der Waals surface area contributed by atoms with Gasteiger partial charge < -0.3 is 0 Å². The van der Waals surface area contributed by atoms with E-state index in [1.807, 2.05) is 0 Å². The Morgan fingerprint density at radius 3 is 2.12 bits per heavy atom. The van der Waals surface area contributed by atoms with Gasteiger partial charge in [0.05, 0.1) is 0 Å². The van der Waals surface area contributed by atoms with E-state index in [1.165, 1.54) is 6.07 Å². The third kappa shape index (κ3) is 2.66. The zero-order valence-corrected chi connectivity index (χ0v) is 11.6. The maximum atomic E-state index is 5.84. The molecule has 1 heterocycles. The van der Waals surface area contributed by atoms with Gasteiger partial charge >= 0.3 is 0 Å². The number of aromatic nitrogens is 2. The Morgan fingerprint density at radius 1 is 0.938 bits per heavy atom. The number of halogens is 4. The highest BCUT2D eigenvalue weighted by molar-refractivity contribution is 9.10. The third-order valence-electron chi connectivity index (χ3n) is 1.84. The number of nitrogens with zero attached hydrogens (tertiary/aromatic N) is 2. The van der Waals surface area contributed by atoms with Crippen molar-refractivity contribution < 1.29 is 0 Å². The maximum Gasteiger partial charge on any atom is 0.163 e. The Morgan fingerprint density at radius 2 is 1.56 bits per heavy atom. The first-order chi connectivity index (χ1) is 7.56. The first-order valence-corrected chi connectivity index (χ1v) is 6.14. The van der Waals surface area contributed by atoms with E-state index in [1.54, 1.807) is 18.2 Å². The molecule has 0 aliphatic carbocycles. The summed E-state index contributed by atoms with van der Waals surface area (Å²) in [5, 5.41) is 1.23. The zero-order chi connectivity index (χ0) is 11.7. The third-order valence-corrected chi connectivity index (χ3v) is 3.11. The van der Waals surface area contributed by atoms with Crippen molar-refractivity contribution in [3.05, 3.63) is 44.1 Å². The maximum absolute atomic E-state index is 5.84. The molecule has 1 aromatic heterocycles. The lowest BCUT2D eigenvalue weighted by Crippen LogP contribution is -1.90. The zero-order valence-electron chi connectivity index (χ0n) is 7.72. The topological polar surface area (TPSA) is 25.8 Å². The number of hydrogen-bond donors (Lipinski definition) is 0. The summed E-state index contributed by atoms with van der Waals surface area (Å²) < 4.78 is 0.790. The minimum absolute atomic E-state index is 0.303. The van der Waals surface area contributed by atoms with Crippen LogP contribution in [0.25, 0.3) is 11.4 Å². The molecule has 0 spiro atoms. The lowest BCUT2D eigenvalue weighted by molar-refractivity contribution is 1.17. The quantitative estimate of drug-likeness (QED) is 0.694. The van der Waals surface area contributed by atoms with Crippen LogP contribution < -0.4 is 0 Å². The van der Waals surface area contributed by atoms with E-state index >= 15 is 0 Å². The van der Waals surface area contributed by atoms with Crippen LogP contribution in [0.2, 0.25) is 15.3 Å². The first-order valence-electron chi connectivity index (χ1n) is 4.22. The average Bonchev–Trinajstić information content (AvgIpc) is 2.15. The predicted molar refractivity (Wildman–Crippen MR) is 70.2 cm³/mol. The van der Waals surface area contributed by atoms with Crippen molar-refractivity contribution in [1.82, 2.24) is 9.97 Å². The van der Waals surface area contributed by atoms with Crippen molar-refractivity contribution >= 4 is 50.7 Å². The van der Waals surface area contributed by atoms with E-state index in [0.29, 0.717) is 21.2 Å². The van der Waals surface area contributed by atoms with Crippen molar-refractivity contribution in [2.75, 3.05) is 0 Å². The van der Waals surface area contributed by atoms with E-state index < -0.39 is 0 Å². The summed E-state index contributed by atoms with van der Waals surface area (Å²) in [6, 6.07) is 6.79. The van der Waals surface area contributed by atoms with Crippen molar-refractivity contribution in [1.29, 1.82) is 0 Å². The Balaban J connectivity index is 2.58. The van der Waals surface area contributed by atoms with Crippen molar-refractivity contribution in [2.45, 2.75) is 0 Å². The molecular weight excluding hydrogens is 334 g/mol. The van der Waals surface area contributed by atoms with Crippen LogP contribution in [0.5, 0.6) is 0 Å². The SMILES string of the molecule is Clc1ccc(-c2nc(Cl)cc(Cl)n2)c(Br)c1. The molecule has 2 nitrogen and oxygen atoms in total. The van der Waals surface area contributed by atoms with E-state index in [4.69, 9.17) is 34.8 Å². The smallest absolute Gasteiger partial charge is 0.163 e. The standard InChI is InChI=1S/C10H4BrCl3N2/c11-7-3-5(12)1-2-6(7)10-15-8(13)4-9(14)16-10/h1-4H. The summed E-state index contributed by atoms with van der Waals surface area (Å²) in [6.07, 6.45) is 0. The highest BCUT2D eigenvalue weighted by Gasteiger charge is 2.08. The molecule has 82 valence electrons. The summed E-state index contributed by atoms with van der Waals surface area (Å²) in [7, 11) is 0. The van der Waals surface area contributed by atoms with Gasteiger partial charge in [-0.1, -0.05) is 34.8 Å². The van der Waals surface area contributed by atoms with Crippen LogP contribution >= 0.6 is 50.7 Å². The Labute approximate surface area is 116 Å². The van der Waals surface area contributed by atoms with Crippen LogP contribution in [-0.4, -0.2) is 9.97 Å². The molecule has 2 rings (SSSR count). The highest BCUT2D eigenvalue weighted by atomic mass is 79.9. The van der Waals surface area contributed by atoms with Crippen LogP contribution in [0.3, 0.4) is 0 Å².